The number of aliphatic hydroxyl groups is 2. The van der Waals surface area contributed by atoms with Crippen LogP contribution in [0.15, 0.2) is 24.3 Å². The number of nitrogens with one attached hydrogen (secondary N) is 3. The van der Waals surface area contributed by atoms with Crippen LogP contribution >= 0.6 is 0 Å². The van der Waals surface area contributed by atoms with E-state index >= 15 is 0 Å². The fourth-order valence-corrected chi connectivity index (χ4v) is 2.73. The molecule has 0 radical (unpaired) electrons. The van der Waals surface area contributed by atoms with Crippen LogP contribution in [0.3, 0.4) is 0 Å². The monoisotopic (exact) mass is 383 g/mol. The number of urea groups is 1. The molecular formula is C18H26FN3O5. The fraction of sp³-hybridized carbons (Fsp3) is 0.556. The van der Waals surface area contributed by atoms with Gasteiger partial charge in [0.25, 0.3) is 0 Å². The van der Waals surface area contributed by atoms with Crippen molar-refractivity contribution >= 4 is 11.9 Å². The summed E-state index contributed by atoms with van der Waals surface area (Å²) in [6.45, 7) is 3.84. The molecule has 1 fully saturated rings. The van der Waals surface area contributed by atoms with Gasteiger partial charge in [0.1, 0.15) is 24.1 Å². The molecule has 5 N–H and O–H groups in total. The smallest absolute Gasteiger partial charge is 0.315 e. The Hall–Kier alpha value is -2.23. The molecule has 4 atom stereocenters. The van der Waals surface area contributed by atoms with E-state index in [1.165, 1.54) is 12.1 Å². The zero-order valence-electron chi connectivity index (χ0n) is 15.3. The third-order valence-electron chi connectivity index (χ3n) is 4.13. The third-order valence-corrected chi connectivity index (χ3v) is 4.13. The predicted molar refractivity (Wildman–Crippen MR) is 95.2 cm³/mol. The maximum Gasteiger partial charge on any atom is 0.315 e. The average molecular weight is 383 g/mol. The second-order valence-corrected chi connectivity index (χ2v) is 6.81. The third kappa shape index (κ3) is 6.46. The molecule has 1 aromatic carbocycles. The van der Waals surface area contributed by atoms with Gasteiger partial charge in [0.05, 0.1) is 12.5 Å². The van der Waals surface area contributed by atoms with Gasteiger partial charge in [-0.1, -0.05) is 12.1 Å². The lowest BCUT2D eigenvalue weighted by Gasteiger charge is -2.16. The SMILES string of the molecule is CC(C)NC(=O)NC[C@@H]1O[C@@H](CC(=O)NCc2ccc(F)cc2)[C@H](O)[C@@H]1O. The van der Waals surface area contributed by atoms with Crippen molar-refractivity contribution in [1.29, 1.82) is 0 Å². The van der Waals surface area contributed by atoms with Crippen LogP contribution in [0.5, 0.6) is 0 Å². The summed E-state index contributed by atoms with van der Waals surface area (Å²) in [5.41, 5.74) is 0.732. The maximum atomic E-state index is 12.9. The first-order valence-electron chi connectivity index (χ1n) is 8.83. The molecule has 1 saturated heterocycles. The van der Waals surface area contributed by atoms with Crippen LogP contribution in [0.25, 0.3) is 0 Å². The van der Waals surface area contributed by atoms with E-state index in [2.05, 4.69) is 16.0 Å². The standard InChI is InChI=1S/C18H26FN3O5/c1-10(2)22-18(26)21-9-14-17(25)16(24)13(27-14)7-15(23)20-8-11-3-5-12(19)6-4-11/h3-6,10,13-14,16-17,24-25H,7-9H2,1-2H3,(H,20,23)(H2,21,22,26)/t13-,14-,16-,17+/m0/s1. The van der Waals surface area contributed by atoms with Crippen molar-refractivity contribution in [2.24, 2.45) is 0 Å². The summed E-state index contributed by atoms with van der Waals surface area (Å²) >= 11 is 0. The van der Waals surface area contributed by atoms with Gasteiger partial charge < -0.3 is 30.9 Å². The summed E-state index contributed by atoms with van der Waals surface area (Å²) in [6.07, 6.45) is -4.28. The van der Waals surface area contributed by atoms with Crippen molar-refractivity contribution in [2.45, 2.75) is 57.3 Å². The summed E-state index contributed by atoms with van der Waals surface area (Å²) in [5.74, 6) is -0.731. The summed E-state index contributed by atoms with van der Waals surface area (Å²) in [4.78, 5) is 23.6. The van der Waals surface area contributed by atoms with Gasteiger partial charge in [0.15, 0.2) is 0 Å². The van der Waals surface area contributed by atoms with Crippen molar-refractivity contribution in [3.8, 4) is 0 Å². The van der Waals surface area contributed by atoms with E-state index in [9.17, 15) is 24.2 Å². The van der Waals surface area contributed by atoms with Gasteiger partial charge in [-0.2, -0.15) is 0 Å². The Bertz CT molecular complexity index is 640. The van der Waals surface area contributed by atoms with E-state index in [-0.39, 0.29) is 37.3 Å². The topological polar surface area (TPSA) is 120 Å². The molecule has 1 aliphatic rings. The average Bonchev–Trinajstić information content (AvgIpc) is 2.87. The van der Waals surface area contributed by atoms with Gasteiger partial charge in [-0.05, 0) is 31.5 Å². The van der Waals surface area contributed by atoms with Crippen molar-refractivity contribution in [1.82, 2.24) is 16.0 Å². The van der Waals surface area contributed by atoms with Crippen molar-refractivity contribution in [3.63, 3.8) is 0 Å². The Morgan fingerprint density at radius 3 is 2.37 bits per heavy atom. The van der Waals surface area contributed by atoms with Crippen molar-refractivity contribution in [3.05, 3.63) is 35.6 Å². The molecule has 1 aliphatic heterocycles. The first-order valence-corrected chi connectivity index (χ1v) is 8.83. The van der Waals surface area contributed by atoms with Crippen LogP contribution in [0, 0.1) is 5.82 Å². The van der Waals surface area contributed by atoms with Gasteiger partial charge in [-0.3, -0.25) is 4.79 Å². The minimum atomic E-state index is -1.23. The van der Waals surface area contributed by atoms with Crippen LogP contribution in [0.2, 0.25) is 0 Å². The lowest BCUT2D eigenvalue weighted by molar-refractivity contribution is -0.125. The Balaban J connectivity index is 1.77. The second-order valence-electron chi connectivity index (χ2n) is 6.81. The Morgan fingerprint density at radius 1 is 1.11 bits per heavy atom. The highest BCUT2D eigenvalue weighted by molar-refractivity contribution is 5.76. The van der Waals surface area contributed by atoms with Gasteiger partial charge in [-0.25, -0.2) is 9.18 Å². The number of rotatable bonds is 7. The summed E-state index contributed by atoms with van der Waals surface area (Å²) in [7, 11) is 0. The molecular weight excluding hydrogens is 357 g/mol. The minimum absolute atomic E-state index is 0.00444. The molecule has 9 heteroatoms. The lowest BCUT2D eigenvalue weighted by atomic mass is 10.1. The summed E-state index contributed by atoms with van der Waals surface area (Å²) in [6, 6.07) is 5.27. The Labute approximate surface area is 157 Å². The van der Waals surface area contributed by atoms with Crippen LogP contribution in [0.1, 0.15) is 25.8 Å². The van der Waals surface area contributed by atoms with Gasteiger partial charge in [0, 0.05) is 19.1 Å². The quantitative estimate of drug-likeness (QED) is 0.455. The molecule has 0 aromatic heterocycles. The number of ether oxygens (including phenoxy) is 1. The molecule has 0 unspecified atom stereocenters. The molecule has 1 heterocycles. The number of hydrogen-bond acceptors (Lipinski definition) is 5. The zero-order chi connectivity index (χ0) is 20.0. The Kier molecular flexibility index (Phi) is 7.52. The summed E-state index contributed by atoms with van der Waals surface area (Å²) in [5, 5.41) is 28.0. The minimum Gasteiger partial charge on any atom is -0.388 e. The number of hydrogen-bond donors (Lipinski definition) is 5. The molecule has 0 spiro atoms. The molecule has 0 aliphatic carbocycles. The second kappa shape index (κ2) is 9.63. The highest BCUT2D eigenvalue weighted by Crippen LogP contribution is 2.23. The lowest BCUT2D eigenvalue weighted by Crippen LogP contribution is -2.45. The summed E-state index contributed by atoms with van der Waals surface area (Å²) < 4.78 is 18.4. The highest BCUT2D eigenvalue weighted by atomic mass is 19.1. The van der Waals surface area contributed by atoms with E-state index in [1.54, 1.807) is 12.1 Å². The molecule has 1 aromatic rings. The molecule has 8 nitrogen and oxygen atoms in total. The van der Waals surface area contributed by atoms with Gasteiger partial charge in [-0.15, -0.1) is 0 Å². The number of carbonyl (C=O) groups is 2. The number of amides is 3. The normalized spacial score (nSPS) is 24.7. The molecule has 0 bridgehead atoms. The van der Waals surface area contributed by atoms with Gasteiger partial charge in [0.2, 0.25) is 5.91 Å². The molecule has 150 valence electrons. The van der Waals surface area contributed by atoms with Crippen LogP contribution in [0.4, 0.5) is 9.18 Å². The molecule has 3 amide bonds. The van der Waals surface area contributed by atoms with Crippen LogP contribution in [-0.2, 0) is 16.1 Å². The Morgan fingerprint density at radius 2 is 1.74 bits per heavy atom. The maximum absolute atomic E-state index is 12.9. The number of aliphatic hydroxyl groups excluding tert-OH is 2. The van der Waals surface area contributed by atoms with Crippen LogP contribution < -0.4 is 16.0 Å². The van der Waals surface area contributed by atoms with Crippen LogP contribution in [-0.4, -0.2) is 59.2 Å². The zero-order valence-corrected chi connectivity index (χ0v) is 15.3. The number of carbonyl (C=O) groups excluding carboxylic acids is 2. The fourth-order valence-electron chi connectivity index (χ4n) is 2.73. The predicted octanol–water partition coefficient (Wildman–Crippen LogP) is 0.0288. The first-order chi connectivity index (χ1) is 12.8. The van der Waals surface area contributed by atoms with Crippen molar-refractivity contribution in [2.75, 3.05) is 6.54 Å². The molecule has 2 rings (SSSR count). The molecule has 27 heavy (non-hydrogen) atoms. The van der Waals surface area contributed by atoms with E-state index in [0.717, 1.165) is 5.56 Å². The highest BCUT2D eigenvalue weighted by Gasteiger charge is 2.43. The van der Waals surface area contributed by atoms with E-state index in [4.69, 9.17) is 4.74 Å². The van der Waals surface area contributed by atoms with E-state index in [1.807, 2.05) is 13.8 Å². The van der Waals surface area contributed by atoms with E-state index in [0.29, 0.717) is 0 Å². The number of benzene rings is 1. The number of halogens is 1. The van der Waals surface area contributed by atoms with Gasteiger partial charge >= 0.3 is 6.03 Å². The largest absolute Gasteiger partial charge is 0.388 e. The van der Waals surface area contributed by atoms with Crippen molar-refractivity contribution < 1.29 is 28.9 Å². The molecule has 0 saturated carbocycles. The first kappa shape index (κ1) is 21.1. The van der Waals surface area contributed by atoms with E-state index < -0.39 is 30.4 Å².